The third kappa shape index (κ3) is 11.7. The number of benzene rings is 2. The molecule has 2 fully saturated rings. The summed E-state index contributed by atoms with van der Waals surface area (Å²) >= 11 is 6.15. The van der Waals surface area contributed by atoms with Crippen LogP contribution in [0.15, 0.2) is 48.5 Å². The van der Waals surface area contributed by atoms with Crippen LogP contribution in [0.4, 0.5) is 13.2 Å². The smallest absolute Gasteiger partial charge is 0.475 e. The summed E-state index contributed by atoms with van der Waals surface area (Å²) in [7, 11) is 0. The van der Waals surface area contributed by atoms with Crippen molar-refractivity contribution in [1.82, 2.24) is 15.5 Å². The largest absolute Gasteiger partial charge is 0.490 e. The molecule has 0 bridgehead atoms. The molecule has 0 aromatic heterocycles. The van der Waals surface area contributed by atoms with E-state index in [-0.39, 0.29) is 29.5 Å². The fourth-order valence-corrected chi connectivity index (χ4v) is 6.09. The van der Waals surface area contributed by atoms with E-state index in [0.29, 0.717) is 29.5 Å². The van der Waals surface area contributed by atoms with Crippen molar-refractivity contribution in [1.29, 1.82) is 10.8 Å². The standard InChI is InChI=1S/C31H42ClN7O2.C2HF3O2/c32-25-12-10-22(11-13-25)26(18-20-6-8-24(9-7-20)28(33)34)29(40)38-27(23-4-2-1-3-5-23)30(41)37-19-21-14-16-39(17-15-21)31(35)36;3-2(4,5)1(6)7/h6-13,21,23,26-27H,1-5,14-19H2,(H3,33,34)(H3,35,36)(H,37,41)(H,38,40);(H,6,7)/t26?,27-;/m0./s1. The van der Waals surface area contributed by atoms with Crippen molar-refractivity contribution in [3.8, 4) is 0 Å². The Balaban J connectivity index is 0.000000804. The maximum Gasteiger partial charge on any atom is 0.490 e. The molecule has 11 nitrogen and oxygen atoms in total. The van der Waals surface area contributed by atoms with Crippen LogP contribution >= 0.6 is 11.6 Å². The van der Waals surface area contributed by atoms with Crippen LogP contribution in [0, 0.1) is 22.7 Å². The van der Waals surface area contributed by atoms with E-state index < -0.39 is 24.1 Å². The second-order valence-corrected chi connectivity index (χ2v) is 12.6. The molecule has 1 unspecified atom stereocenters. The fraction of sp³-hybridized carbons (Fsp3) is 0.485. The highest BCUT2D eigenvalue weighted by molar-refractivity contribution is 6.30. The zero-order chi connectivity index (χ0) is 35.4. The van der Waals surface area contributed by atoms with Gasteiger partial charge in [0.15, 0.2) is 5.96 Å². The Morgan fingerprint density at radius 1 is 0.917 bits per heavy atom. The number of amidine groups is 1. The molecule has 2 amide bonds. The van der Waals surface area contributed by atoms with Gasteiger partial charge in [0.25, 0.3) is 0 Å². The highest BCUT2D eigenvalue weighted by atomic mass is 35.5. The number of hydrogen-bond donors (Lipinski definition) is 7. The first kappa shape index (κ1) is 38.1. The van der Waals surface area contributed by atoms with E-state index in [0.717, 1.165) is 69.2 Å². The summed E-state index contributed by atoms with van der Waals surface area (Å²) in [6.45, 7) is 1.98. The molecule has 2 aliphatic rings. The molecule has 1 heterocycles. The number of rotatable bonds is 10. The van der Waals surface area contributed by atoms with Crippen molar-refractivity contribution in [3.63, 3.8) is 0 Å². The highest BCUT2D eigenvalue weighted by Gasteiger charge is 2.38. The molecule has 1 saturated heterocycles. The molecule has 1 aliphatic carbocycles. The Kier molecular flexibility index (Phi) is 14.1. The third-order valence-electron chi connectivity index (χ3n) is 8.76. The van der Waals surface area contributed by atoms with E-state index in [1.807, 2.05) is 29.2 Å². The van der Waals surface area contributed by atoms with Gasteiger partial charge >= 0.3 is 12.1 Å². The lowest BCUT2D eigenvalue weighted by Gasteiger charge is -2.34. The zero-order valence-electron chi connectivity index (χ0n) is 26.5. The number of likely N-dealkylation sites (tertiary alicyclic amines) is 1. The Labute approximate surface area is 282 Å². The number of guanidine groups is 1. The maximum absolute atomic E-state index is 14.0. The number of carboxylic acid groups (broad SMARTS) is 1. The van der Waals surface area contributed by atoms with Gasteiger partial charge in [-0.05, 0) is 67.2 Å². The molecular formula is C33H43ClF3N7O4. The van der Waals surface area contributed by atoms with Gasteiger partial charge in [0.2, 0.25) is 11.8 Å². The Morgan fingerprint density at radius 3 is 1.98 bits per heavy atom. The molecule has 0 radical (unpaired) electrons. The van der Waals surface area contributed by atoms with Crippen molar-refractivity contribution in [2.45, 2.75) is 69.5 Å². The predicted molar refractivity (Wildman–Crippen MR) is 177 cm³/mol. The predicted octanol–water partition coefficient (Wildman–Crippen LogP) is 4.37. The Bertz CT molecular complexity index is 1410. The Morgan fingerprint density at radius 2 is 1.48 bits per heavy atom. The van der Waals surface area contributed by atoms with Gasteiger partial charge < -0.3 is 32.1 Å². The van der Waals surface area contributed by atoms with Crippen LogP contribution in [-0.4, -0.2) is 71.4 Å². The van der Waals surface area contributed by atoms with E-state index in [2.05, 4.69) is 10.6 Å². The number of nitrogens with zero attached hydrogens (tertiary/aromatic N) is 1. The molecule has 2 aromatic rings. The number of aliphatic carboxylic acids is 1. The number of piperidine rings is 1. The van der Waals surface area contributed by atoms with Gasteiger partial charge in [-0.15, -0.1) is 0 Å². The molecule has 0 spiro atoms. The first-order valence-electron chi connectivity index (χ1n) is 15.8. The minimum absolute atomic E-state index is 0.00529. The van der Waals surface area contributed by atoms with Gasteiger partial charge in [0.05, 0.1) is 5.92 Å². The van der Waals surface area contributed by atoms with Crippen LogP contribution in [0.5, 0.6) is 0 Å². The average Bonchev–Trinajstić information content (AvgIpc) is 3.06. The summed E-state index contributed by atoms with van der Waals surface area (Å²) < 4.78 is 31.7. The van der Waals surface area contributed by atoms with Gasteiger partial charge in [-0.1, -0.05) is 67.3 Å². The molecule has 4 rings (SSSR count). The lowest BCUT2D eigenvalue weighted by Crippen LogP contribution is -2.53. The maximum atomic E-state index is 14.0. The van der Waals surface area contributed by atoms with Gasteiger partial charge in [0, 0.05) is 30.2 Å². The number of amides is 2. The van der Waals surface area contributed by atoms with Crippen LogP contribution < -0.4 is 22.1 Å². The number of hydrogen-bond acceptors (Lipinski definition) is 5. The molecule has 2 atom stereocenters. The number of nitrogens with two attached hydrogens (primary N) is 2. The normalized spacial score (nSPS) is 16.9. The summed E-state index contributed by atoms with van der Waals surface area (Å²) in [5.74, 6) is -3.10. The molecule has 48 heavy (non-hydrogen) atoms. The quantitative estimate of drug-likeness (QED) is 0.142. The van der Waals surface area contributed by atoms with Crippen LogP contribution in [0.2, 0.25) is 5.02 Å². The second-order valence-electron chi connectivity index (χ2n) is 12.2. The molecule has 2 aromatic carbocycles. The van der Waals surface area contributed by atoms with Crippen molar-refractivity contribution >= 4 is 41.2 Å². The molecule has 1 aliphatic heterocycles. The minimum Gasteiger partial charge on any atom is -0.475 e. The van der Waals surface area contributed by atoms with E-state index >= 15 is 0 Å². The van der Waals surface area contributed by atoms with Gasteiger partial charge in [-0.2, -0.15) is 13.2 Å². The fourth-order valence-electron chi connectivity index (χ4n) is 5.96. The number of nitrogen functional groups attached to an aromatic ring is 1. The average molecular weight is 694 g/mol. The highest BCUT2D eigenvalue weighted by Crippen LogP contribution is 2.29. The van der Waals surface area contributed by atoms with E-state index in [1.165, 1.54) is 0 Å². The summed E-state index contributed by atoms with van der Waals surface area (Å²) in [5, 5.41) is 29.3. The summed E-state index contributed by atoms with van der Waals surface area (Å²) in [6, 6.07) is 14.0. The van der Waals surface area contributed by atoms with Crippen LogP contribution in [0.1, 0.15) is 67.6 Å². The second kappa shape index (κ2) is 17.7. The lowest BCUT2D eigenvalue weighted by atomic mass is 9.82. The van der Waals surface area contributed by atoms with Crippen molar-refractivity contribution in [3.05, 3.63) is 70.2 Å². The van der Waals surface area contributed by atoms with Crippen LogP contribution in [-0.2, 0) is 20.8 Å². The molecule has 9 N–H and O–H groups in total. The summed E-state index contributed by atoms with van der Waals surface area (Å²) in [5.41, 5.74) is 13.6. The topological polar surface area (TPSA) is 198 Å². The first-order valence-corrected chi connectivity index (χ1v) is 16.2. The van der Waals surface area contributed by atoms with Crippen molar-refractivity contribution in [2.75, 3.05) is 19.6 Å². The third-order valence-corrected chi connectivity index (χ3v) is 9.01. The first-order chi connectivity index (χ1) is 22.6. The van der Waals surface area contributed by atoms with Crippen molar-refractivity contribution < 1.29 is 32.7 Å². The number of nitrogens with one attached hydrogen (secondary N) is 4. The van der Waals surface area contributed by atoms with Gasteiger partial charge in [-0.3, -0.25) is 20.4 Å². The van der Waals surface area contributed by atoms with E-state index in [9.17, 15) is 22.8 Å². The summed E-state index contributed by atoms with van der Waals surface area (Å²) in [4.78, 5) is 38.3. The molecule has 262 valence electrons. The Hall–Kier alpha value is -4.33. The number of carbonyl (C=O) groups is 3. The monoisotopic (exact) mass is 693 g/mol. The van der Waals surface area contributed by atoms with E-state index in [4.69, 9.17) is 43.8 Å². The lowest BCUT2D eigenvalue weighted by molar-refractivity contribution is -0.192. The number of carbonyl (C=O) groups excluding carboxylic acids is 2. The van der Waals surface area contributed by atoms with Crippen molar-refractivity contribution in [2.24, 2.45) is 23.3 Å². The molecule has 1 saturated carbocycles. The number of halogens is 4. The van der Waals surface area contributed by atoms with Crippen LogP contribution in [0.25, 0.3) is 0 Å². The molecule has 15 heteroatoms. The zero-order valence-corrected chi connectivity index (χ0v) is 27.2. The molecular weight excluding hydrogens is 651 g/mol. The van der Waals surface area contributed by atoms with Crippen LogP contribution in [0.3, 0.4) is 0 Å². The minimum atomic E-state index is -5.08. The SMILES string of the molecule is N=C(N)c1ccc(CC(C(=O)N[C@H](C(=O)NCC2CCN(C(=N)N)CC2)C2CCCCC2)c2ccc(Cl)cc2)cc1.O=C(O)C(F)(F)F. The number of alkyl halides is 3. The number of carboxylic acids is 1. The van der Waals surface area contributed by atoms with E-state index in [1.54, 1.807) is 24.3 Å². The van der Waals surface area contributed by atoms with Gasteiger partial charge in [-0.25, -0.2) is 4.79 Å². The summed E-state index contributed by atoms with van der Waals surface area (Å²) in [6.07, 6.45) is 2.15. The van der Waals surface area contributed by atoms with Gasteiger partial charge in [0.1, 0.15) is 11.9 Å².